The first-order valence-electron chi connectivity index (χ1n) is 15.5. The Morgan fingerprint density at radius 3 is 2.19 bits per heavy atom. The van der Waals surface area contributed by atoms with E-state index in [4.69, 9.17) is 0 Å². The average molecular weight is 648 g/mol. The number of carbonyl (C=O) groups excluding carboxylic acids is 2. The number of carbonyl (C=O) groups is 2. The van der Waals surface area contributed by atoms with Gasteiger partial charge in [-0.2, -0.15) is 13.2 Å². The van der Waals surface area contributed by atoms with Crippen molar-refractivity contribution in [1.82, 2.24) is 24.8 Å². The molecule has 3 aromatic carbocycles. The summed E-state index contributed by atoms with van der Waals surface area (Å²) in [5, 5.41) is 0. The van der Waals surface area contributed by atoms with E-state index >= 15 is 0 Å². The quantitative estimate of drug-likeness (QED) is 0.165. The number of rotatable bonds is 9. The third kappa shape index (κ3) is 7.83. The number of alkyl halides is 3. The van der Waals surface area contributed by atoms with Crippen molar-refractivity contribution in [2.24, 2.45) is 0 Å². The lowest BCUT2D eigenvalue weighted by atomic mass is 9.97. The van der Waals surface area contributed by atoms with Gasteiger partial charge in [-0.1, -0.05) is 84.9 Å². The number of halogens is 3. The van der Waals surface area contributed by atoms with Crippen LogP contribution >= 0.6 is 0 Å². The van der Waals surface area contributed by atoms with Gasteiger partial charge in [0.2, 0.25) is 17.6 Å². The first kappa shape index (κ1) is 32.3. The SMILES string of the molecule is O=C([C@H](Cc1ccccc1)N(Cc1ccc(-c2ccccn2)cc1)C(=O)/C=C/c1cnc(C(F)(F)F)nc1)N1CCc2ccccc2C1. The zero-order chi connectivity index (χ0) is 33.5. The topological polar surface area (TPSA) is 79.3 Å². The van der Waals surface area contributed by atoms with Crippen molar-refractivity contribution in [3.8, 4) is 11.3 Å². The Morgan fingerprint density at radius 1 is 0.812 bits per heavy atom. The van der Waals surface area contributed by atoms with E-state index in [9.17, 15) is 22.8 Å². The maximum absolute atomic E-state index is 14.5. The monoisotopic (exact) mass is 647 g/mol. The summed E-state index contributed by atoms with van der Waals surface area (Å²) in [6.07, 6.45) is 2.66. The number of hydrogen-bond acceptors (Lipinski definition) is 5. The van der Waals surface area contributed by atoms with Crippen LogP contribution < -0.4 is 0 Å². The molecule has 1 atom stereocenters. The van der Waals surface area contributed by atoms with Crippen LogP contribution in [0, 0.1) is 0 Å². The lowest BCUT2D eigenvalue weighted by Gasteiger charge is -2.37. The number of fused-ring (bicyclic) bond motifs is 1. The van der Waals surface area contributed by atoms with E-state index in [1.165, 1.54) is 22.6 Å². The number of pyridine rings is 1. The number of nitrogens with zero attached hydrogens (tertiary/aromatic N) is 5. The summed E-state index contributed by atoms with van der Waals surface area (Å²) in [6, 6.07) is 30.0. The third-order valence-electron chi connectivity index (χ3n) is 8.27. The highest BCUT2D eigenvalue weighted by Crippen LogP contribution is 2.26. The molecule has 242 valence electrons. The molecule has 10 heteroatoms. The van der Waals surface area contributed by atoms with Crippen molar-refractivity contribution >= 4 is 17.9 Å². The molecule has 0 saturated heterocycles. The van der Waals surface area contributed by atoms with E-state index in [-0.39, 0.29) is 24.4 Å². The molecule has 0 radical (unpaired) electrons. The highest BCUT2D eigenvalue weighted by atomic mass is 19.4. The molecule has 0 saturated carbocycles. The standard InChI is InChI=1S/C38H32F3N5O2/c39-38(40,41)37-43-23-29(24-44-37)15-18-35(47)46(25-28-13-16-31(17-14-28)33-12-6-7-20-42-33)34(22-27-8-2-1-3-9-27)36(48)45-21-19-30-10-4-5-11-32(30)26-45/h1-18,20,23-24,34H,19,21-22,25-26H2/b18-15+/t34-/m0/s1. The fourth-order valence-corrected chi connectivity index (χ4v) is 5.75. The molecule has 1 aliphatic heterocycles. The fourth-order valence-electron chi connectivity index (χ4n) is 5.75. The average Bonchev–Trinajstić information content (AvgIpc) is 3.12. The van der Waals surface area contributed by atoms with Gasteiger partial charge in [0.1, 0.15) is 6.04 Å². The largest absolute Gasteiger partial charge is 0.451 e. The second kappa shape index (κ2) is 14.4. The molecule has 0 fully saturated rings. The van der Waals surface area contributed by atoms with E-state index in [1.807, 2.05) is 91.0 Å². The van der Waals surface area contributed by atoms with Crippen LogP contribution in [0.3, 0.4) is 0 Å². The van der Waals surface area contributed by atoms with E-state index < -0.39 is 23.9 Å². The Bertz CT molecular complexity index is 1880. The minimum atomic E-state index is -4.68. The van der Waals surface area contributed by atoms with Crippen molar-refractivity contribution in [2.45, 2.75) is 38.1 Å². The number of aromatic nitrogens is 3. The van der Waals surface area contributed by atoms with E-state index in [0.717, 1.165) is 40.3 Å². The Morgan fingerprint density at radius 2 is 1.50 bits per heavy atom. The van der Waals surface area contributed by atoms with Gasteiger partial charge in [-0.05, 0) is 46.9 Å². The predicted octanol–water partition coefficient (Wildman–Crippen LogP) is 6.80. The zero-order valence-corrected chi connectivity index (χ0v) is 25.9. The van der Waals surface area contributed by atoms with Gasteiger partial charge in [-0.3, -0.25) is 14.6 Å². The maximum atomic E-state index is 14.5. The second-order valence-corrected chi connectivity index (χ2v) is 11.5. The molecule has 2 aromatic heterocycles. The molecule has 0 aliphatic carbocycles. The number of hydrogen-bond donors (Lipinski definition) is 0. The van der Waals surface area contributed by atoms with Crippen molar-refractivity contribution < 1.29 is 22.8 Å². The minimum absolute atomic E-state index is 0.114. The van der Waals surface area contributed by atoms with Crippen LogP contribution in [-0.2, 0) is 41.7 Å². The van der Waals surface area contributed by atoms with Gasteiger partial charge in [-0.25, -0.2) is 9.97 Å². The predicted molar refractivity (Wildman–Crippen MR) is 176 cm³/mol. The summed E-state index contributed by atoms with van der Waals surface area (Å²) >= 11 is 0. The molecule has 7 nitrogen and oxygen atoms in total. The lowest BCUT2D eigenvalue weighted by Crippen LogP contribution is -2.52. The van der Waals surface area contributed by atoms with Crippen molar-refractivity contribution in [1.29, 1.82) is 0 Å². The summed E-state index contributed by atoms with van der Waals surface area (Å²) in [6.45, 7) is 1.06. The van der Waals surface area contributed by atoms with Gasteiger partial charge in [0, 0.05) is 61.8 Å². The van der Waals surface area contributed by atoms with Crippen LogP contribution in [0.5, 0.6) is 0 Å². The molecule has 0 bridgehead atoms. The lowest BCUT2D eigenvalue weighted by molar-refractivity contribution is -0.145. The Labute approximate surface area is 276 Å². The molecular formula is C38H32F3N5O2. The third-order valence-corrected chi connectivity index (χ3v) is 8.27. The summed E-state index contributed by atoms with van der Waals surface area (Å²) in [4.78, 5) is 43.1. The molecule has 6 rings (SSSR count). The molecule has 0 spiro atoms. The Kier molecular flexibility index (Phi) is 9.70. The summed E-state index contributed by atoms with van der Waals surface area (Å²) in [5.74, 6) is -1.92. The van der Waals surface area contributed by atoms with Gasteiger partial charge in [0.25, 0.3) is 0 Å². The van der Waals surface area contributed by atoms with E-state index in [2.05, 4.69) is 21.0 Å². The molecule has 0 N–H and O–H groups in total. The highest BCUT2D eigenvalue weighted by molar-refractivity contribution is 5.95. The fraction of sp³-hybridized carbons (Fsp3) is 0.184. The first-order valence-corrected chi connectivity index (χ1v) is 15.5. The summed E-state index contributed by atoms with van der Waals surface area (Å²) < 4.78 is 39.0. The van der Waals surface area contributed by atoms with Crippen molar-refractivity contribution in [2.75, 3.05) is 6.54 Å². The van der Waals surface area contributed by atoms with E-state index in [1.54, 1.807) is 11.1 Å². The Balaban J connectivity index is 1.34. The smallest absolute Gasteiger partial charge is 0.336 e. The first-order chi connectivity index (χ1) is 23.2. The minimum Gasteiger partial charge on any atom is -0.336 e. The van der Waals surface area contributed by atoms with Crippen molar-refractivity contribution in [3.63, 3.8) is 0 Å². The normalized spacial score (nSPS) is 13.6. The molecule has 48 heavy (non-hydrogen) atoms. The van der Waals surface area contributed by atoms with Crippen LogP contribution in [-0.4, -0.2) is 49.2 Å². The molecule has 1 aliphatic rings. The molecule has 2 amide bonds. The van der Waals surface area contributed by atoms with Gasteiger partial charge in [0.15, 0.2) is 0 Å². The van der Waals surface area contributed by atoms with Gasteiger partial charge >= 0.3 is 6.18 Å². The van der Waals surface area contributed by atoms with Gasteiger partial charge < -0.3 is 9.80 Å². The van der Waals surface area contributed by atoms with Crippen LogP contribution in [0.1, 0.15) is 33.6 Å². The highest BCUT2D eigenvalue weighted by Gasteiger charge is 2.35. The molecule has 3 heterocycles. The summed E-state index contributed by atoms with van der Waals surface area (Å²) in [7, 11) is 0. The van der Waals surface area contributed by atoms with Gasteiger partial charge in [0.05, 0.1) is 5.69 Å². The van der Waals surface area contributed by atoms with Crippen LogP contribution in [0.15, 0.2) is 122 Å². The second-order valence-electron chi connectivity index (χ2n) is 11.5. The summed E-state index contributed by atoms with van der Waals surface area (Å²) in [5.41, 5.74) is 5.88. The van der Waals surface area contributed by atoms with Crippen LogP contribution in [0.2, 0.25) is 0 Å². The van der Waals surface area contributed by atoms with Crippen LogP contribution in [0.4, 0.5) is 13.2 Å². The zero-order valence-electron chi connectivity index (χ0n) is 25.9. The Hall–Kier alpha value is -5.64. The van der Waals surface area contributed by atoms with Gasteiger partial charge in [-0.15, -0.1) is 0 Å². The molecule has 0 unspecified atom stereocenters. The molecule has 5 aromatic rings. The molecular weight excluding hydrogens is 615 g/mol. The number of benzene rings is 3. The van der Waals surface area contributed by atoms with Crippen LogP contribution in [0.25, 0.3) is 17.3 Å². The van der Waals surface area contributed by atoms with E-state index in [0.29, 0.717) is 19.5 Å². The number of amides is 2. The van der Waals surface area contributed by atoms with Crippen molar-refractivity contribution in [3.05, 3.63) is 155 Å². The maximum Gasteiger partial charge on any atom is 0.451 e.